The molecule has 0 rings (SSSR count). The fourth-order valence-electron chi connectivity index (χ4n) is 2.55. The number of hydrogen-bond acceptors (Lipinski definition) is 6. The number of nitrogens with one attached hydrogen (secondary N) is 2. The van der Waals surface area contributed by atoms with Crippen LogP contribution >= 0.6 is 0 Å². The third-order valence-electron chi connectivity index (χ3n) is 4.07. The highest BCUT2D eigenvalue weighted by atomic mass is 32.2. The molecule has 3 atom stereocenters. The molecule has 0 unspecified atom stereocenters. The summed E-state index contributed by atoms with van der Waals surface area (Å²) in [4.78, 5) is 45.4. The van der Waals surface area contributed by atoms with E-state index in [1.165, 1.54) is 6.92 Å². The first kappa shape index (κ1) is 28.5. The Hall–Kier alpha value is -2.54. The summed E-state index contributed by atoms with van der Waals surface area (Å²) in [5.74, 6) is -0.762. The largest absolute Gasteiger partial charge is 0.370 e. The first-order valence-corrected chi connectivity index (χ1v) is 12.2. The van der Waals surface area contributed by atoms with Gasteiger partial charge in [0, 0.05) is 13.1 Å². The molecule has 0 bridgehead atoms. The zero-order valence-corrected chi connectivity index (χ0v) is 19.4. The van der Waals surface area contributed by atoms with Gasteiger partial charge in [-0.2, -0.15) is 0 Å². The fraction of sp³-hybridized carbons (Fsp3) is 0.722. The number of amides is 2. The number of aliphatic imine (C=N–C) groups is 2. The van der Waals surface area contributed by atoms with E-state index in [0.717, 1.165) is 0 Å². The van der Waals surface area contributed by atoms with Gasteiger partial charge in [0.25, 0.3) is 0 Å². The fourth-order valence-corrected chi connectivity index (χ4v) is 3.32. The van der Waals surface area contributed by atoms with Crippen LogP contribution in [-0.2, 0) is 25.3 Å². The maximum absolute atomic E-state index is 12.9. The maximum Gasteiger partial charge on any atom is 0.243 e. The number of carbonyl (C=O) groups is 3. The van der Waals surface area contributed by atoms with Crippen molar-refractivity contribution in [2.24, 2.45) is 38.7 Å². The average Bonchev–Trinajstić information content (AvgIpc) is 2.64. The Balaban J connectivity index is 5.24. The number of guanidine groups is 2. The topological polar surface area (TPSA) is 230 Å². The predicted octanol–water partition coefficient (Wildman–Crippen LogP) is -3.14. The minimum Gasteiger partial charge on any atom is -0.370 e. The molecule has 0 aliphatic carbocycles. The highest BCUT2D eigenvalue weighted by Crippen LogP contribution is 2.06. The first-order valence-electron chi connectivity index (χ1n) is 9.98. The maximum atomic E-state index is 12.9. The monoisotopic (exact) mass is 460 g/mol. The zero-order valence-electron chi connectivity index (χ0n) is 18.6. The van der Waals surface area contributed by atoms with Crippen LogP contribution in [0.3, 0.4) is 0 Å². The highest BCUT2D eigenvalue weighted by molar-refractivity contribution is 7.96. The molecule has 13 heteroatoms. The molecular formula is C18H38N9O3S+. The number of nitrogens with two attached hydrogens (primary N) is 5. The van der Waals surface area contributed by atoms with E-state index in [1.807, 2.05) is 12.5 Å². The molecular weight excluding hydrogens is 422 g/mol. The van der Waals surface area contributed by atoms with Crippen LogP contribution in [0.4, 0.5) is 0 Å². The molecule has 0 aromatic rings. The van der Waals surface area contributed by atoms with Crippen molar-refractivity contribution >= 4 is 40.4 Å². The lowest BCUT2D eigenvalue weighted by atomic mass is 10.1. The molecule has 0 aromatic carbocycles. The minimum atomic E-state index is -0.873. The van der Waals surface area contributed by atoms with Crippen LogP contribution in [0, 0.1) is 0 Å². The van der Waals surface area contributed by atoms with Crippen molar-refractivity contribution in [3.63, 3.8) is 0 Å². The average molecular weight is 461 g/mol. The lowest BCUT2D eigenvalue weighted by Gasteiger charge is -2.23. The van der Waals surface area contributed by atoms with Crippen LogP contribution in [-0.4, -0.2) is 79.0 Å². The molecule has 178 valence electrons. The molecule has 0 aromatic heterocycles. The second-order valence-electron chi connectivity index (χ2n) is 7.40. The van der Waals surface area contributed by atoms with Crippen LogP contribution in [0.15, 0.2) is 9.98 Å². The zero-order chi connectivity index (χ0) is 24.0. The Labute approximate surface area is 186 Å². The second kappa shape index (κ2) is 15.3. The number of nitrogens with zero attached hydrogens (tertiary/aromatic N) is 2. The normalized spacial score (nSPS) is 13.6. The van der Waals surface area contributed by atoms with Crippen LogP contribution < -0.4 is 39.3 Å². The number of ketones is 1. The third kappa shape index (κ3) is 14.2. The summed E-state index contributed by atoms with van der Waals surface area (Å²) in [5, 5.41) is 5.39. The summed E-state index contributed by atoms with van der Waals surface area (Å²) < 4.78 is 0. The van der Waals surface area contributed by atoms with Gasteiger partial charge in [-0.15, -0.1) is 0 Å². The molecule has 0 radical (unpaired) electrons. The van der Waals surface area contributed by atoms with Crippen molar-refractivity contribution in [1.82, 2.24) is 10.6 Å². The number of Topliss-reactive ketones (excluding diaryl/α,β-unsaturated/α-hetero) is 1. The van der Waals surface area contributed by atoms with Crippen molar-refractivity contribution in [2.45, 2.75) is 50.7 Å². The van der Waals surface area contributed by atoms with Crippen molar-refractivity contribution < 1.29 is 14.4 Å². The second-order valence-corrected chi connectivity index (χ2v) is 9.66. The molecule has 0 heterocycles. The van der Waals surface area contributed by atoms with Crippen molar-refractivity contribution in [3.05, 3.63) is 0 Å². The molecule has 0 spiro atoms. The Morgan fingerprint density at radius 2 is 1.29 bits per heavy atom. The Bertz CT molecular complexity index is 645. The molecule has 0 fully saturated rings. The van der Waals surface area contributed by atoms with Crippen LogP contribution in [0.2, 0.25) is 0 Å². The van der Waals surface area contributed by atoms with Gasteiger partial charge in [-0.3, -0.25) is 24.4 Å². The van der Waals surface area contributed by atoms with E-state index < -0.39 is 29.9 Å². The van der Waals surface area contributed by atoms with Crippen molar-refractivity contribution in [3.8, 4) is 0 Å². The van der Waals surface area contributed by atoms with Crippen molar-refractivity contribution in [1.29, 1.82) is 0 Å². The number of rotatable bonds is 15. The van der Waals surface area contributed by atoms with E-state index in [2.05, 4.69) is 20.6 Å². The van der Waals surface area contributed by atoms with Crippen molar-refractivity contribution in [2.75, 3.05) is 31.4 Å². The van der Waals surface area contributed by atoms with E-state index in [9.17, 15) is 14.4 Å². The van der Waals surface area contributed by atoms with Crippen LogP contribution in [0.5, 0.6) is 0 Å². The Kier molecular flexibility index (Phi) is 14.0. The van der Waals surface area contributed by atoms with Crippen LogP contribution in [0.1, 0.15) is 32.6 Å². The first-order chi connectivity index (χ1) is 14.4. The minimum absolute atomic E-state index is 0.0324. The third-order valence-corrected chi connectivity index (χ3v) is 4.94. The van der Waals surface area contributed by atoms with E-state index in [4.69, 9.17) is 28.7 Å². The summed E-state index contributed by atoms with van der Waals surface area (Å²) in [5.41, 5.74) is 26.9. The Morgan fingerprint density at radius 3 is 1.71 bits per heavy atom. The highest BCUT2D eigenvalue weighted by Gasteiger charge is 2.28. The molecule has 0 aliphatic heterocycles. The number of hydrogen-bond donors (Lipinski definition) is 7. The smallest absolute Gasteiger partial charge is 0.243 e. The van der Waals surface area contributed by atoms with Crippen LogP contribution in [0.25, 0.3) is 0 Å². The SMILES string of the molecule is C[C@H](N)C(=O)N[C@@H](CCCN=C(N)N)C(=O)N[C@@H](CCCN=C(N)N)C(=O)C[S+](C)C. The molecule has 31 heavy (non-hydrogen) atoms. The standard InChI is InChI=1S/C18H37N9O3S/c1-11(19)15(29)27-13(7-5-9-25-18(22)23)16(30)26-12(14(28)10-31(2)3)6-4-8-24-17(20)21/h11-13H,4-10,19H2,1-3H3,(H9-,20,21,22,23,24,25,26,27,29,30)/p+1/t11-,12-,13-/m0/s1. The quantitative estimate of drug-likeness (QED) is 0.0569. The molecule has 0 aliphatic rings. The summed E-state index contributed by atoms with van der Waals surface area (Å²) >= 11 is 0. The van der Waals surface area contributed by atoms with E-state index >= 15 is 0 Å². The molecule has 0 saturated heterocycles. The van der Waals surface area contributed by atoms with Gasteiger partial charge in [0.05, 0.1) is 24.6 Å². The molecule has 12 nitrogen and oxygen atoms in total. The van der Waals surface area contributed by atoms with E-state index in [-0.39, 0.29) is 35.0 Å². The van der Waals surface area contributed by atoms with Gasteiger partial charge in [0.1, 0.15) is 6.04 Å². The van der Waals surface area contributed by atoms with Gasteiger partial charge < -0.3 is 39.3 Å². The van der Waals surface area contributed by atoms with Gasteiger partial charge in [-0.25, -0.2) is 0 Å². The summed E-state index contributed by atoms with van der Waals surface area (Å²) in [6.07, 6.45) is 5.52. The molecule has 2 amide bonds. The Morgan fingerprint density at radius 1 is 0.839 bits per heavy atom. The summed E-state index contributed by atoms with van der Waals surface area (Å²) in [6, 6.07) is -2.36. The lowest BCUT2D eigenvalue weighted by molar-refractivity contribution is -0.131. The van der Waals surface area contributed by atoms with E-state index in [1.54, 1.807) is 0 Å². The summed E-state index contributed by atoms with van der Waals surface area (Å²) in [7, 11) is -0.125. The lowest BCUT2D eigenvalue weighted by Crippen LogP contribution is -2.54. The van der Waals surface area contributed by atoms with Gasteiger partial charge in [-0.05, 0) is 43.5 Å². The van der Waals surface area contributed by atoms with Gasteiger partial charge in [0.2, 0.25) is 17.6 Å². The van der Waals surface area contributed by atoms with E-state index in [0.29, 0.717) is 38.1 Å². The number of carbonyl (C=O) groups excluding carboxylic acids is 3. The van der Waals surface area contributed by atoms with Gasteiger partial charge in [-0.1, -0.05) is 0 Å². The summed E-state index contributed by atoms with van der Waals surface area (Å²) in [6.45, 7) is 2.16. The molecule has 12 N–H and O–H groups in total. The predicted molar refractivity (Wildman–Crippen MR) is 126 cm³/mol. The van der Waals surface area contributed by atoms with Gasteiger partial charge >= 0.3 is 0 Å². The van der Waals surface area contributed by atoms with Gasteiger partial charge in [0.15, 0.2) is 17.7 Å². The molecule has 0 saturated carbocycles.